The maximum absolute atomic E-state index is 11.0. The highest BCUT2D eigenvalue weighted by atomic mass is 35.5. The molecule has 0 fully saturated rings. The molecule has 1 amide bonds. The molecule has 2 rings (SSSR count). The number of fused-ring (bicyclic) bond motifs is 1. The monoisotopic (exact) mass is 195 g/mol. The third-order valence-electron chi connectivity index (χ3n) is 1.97. The van der Waals surface area contributed by atoms with E-state index in [-0.39, 0.29) is 5.91 Å². The molecule has 1 heterocycles. The Morgan fingerprint density at radius 2 is 2.23 bits per heavy atom. The molecule has 0 saturated heterocycles. The number of carbonyl (C=O) groups excluding carboxylic acids is 2. The van der Waals surface area contributed by atoms with Crippen molar-refractivity contribution < 1.29 is 9.59 Å². The maximum atomic E-state index is 11.0. The zero-order valence-corrected chi connectivity index (χ0v) is 7.39. The number of halogens is 1. The summed E-state index contributed by atoms with van der Waals surface area (Å²) in [4.78, 5) is 21.5. The van der Waals surface area contributed by atoms with Gasteiger partial charge in [0.1, 0.15) is 0 Å². The molecule has 0 unspecified atom stereocenters. The lowest BCUT2D eigenvalue weighted by Gasteiger charge is -2.00. The molecule has 1 aliphatic rings. The summed E-state index contributed by atoms with van der Waals surface area (Å²) in [6.07, 6.45) is 1.01. The summed E-state index contributed by atoms with van der Waals surface area (Å²) in [6.45, 7) is 0. The maximum Gasteiger partial charge on any atom is 0.228 e. The number of hydrogen-bond acceptors (Lipinski definition) is 2. The highest BCUT2D eigenvalue weighted by molar-refractivity contribution is 6.33. The van der Waals surface area contributed by atoms with Gasteiger partial charge in [0.25, 0.3) is 0 Å². The van der Waals surface area contributed by atoms with Crippen LogP contribution in [0.2, 0.25) is 5.02 Å². The minimum Gasteiger partial charge on any atom is -0.325 e. The van der Waals surface area contributed by atoms with Gasteiger partial charge in [0, 0.05) is 11.3 Å². The molecule has 1 N–H and O–H groups in total. The van der Waals surface area contributed by atoms with Crippen LogP contribution < -0.4 is 5.32 Å². The summed E-state index contributed by atoms with van der Waals surface area (Å²) in [5.41, 5.74) is 1.97. The first-order valence-corrected chi connectivity index (χ1v) is 4.16. The van der Waals surface area contributed by atoms with Crippen molar-refractivity contribution >= 4 is 29.5 Å². The molecule has 0 spiro atoms. The van der Waals surface area contributed by atoms with Crippen LogP contribution in [-0.4, -0.2) is 12.2 Å². The molecule has 0 aliphatic carbocycles. The Balaban J connectivity index is 2.56. The molecule has 0 saturated carbocycles. The van der Waals surface area contributed by atoms with Crippen LogP contribution in [0.15, 0.2) is 12.1 Å². The van der Waals surface area contributed by atoms with Crippen LogP contribution in [0.25, 0.3) is 0 Å². The van der Waals surface area contributed by atoms with Crippen molar-refractivity contribution in [3.05, 3.63) is 28.3 Å². The van der Waals surface area contributed by atoms with E-state index in [0.29, 0.717) is 29.0 Å². The zero-order chi connectivity index (χ0) is 9.42. The van der Waals surface area contributed by atoms with Crippen LogP contribution in [-0.2, 0) is 11.2 Å². The van der Waals surface area contributed by atoms with Gasteiger partial charge in [-0.1, -0.05) is 11.6 Å². The van der Waals surface area contributed by atoms with E-state index >= 15 is 0 Å². The van der Waals surface area contributed by atoms with Crippen LogP contribution in [0.5, 0.6) is 0 Å². The Bertz CT molecular complexity index is 401. The van der Waals surface area contributed by atoms with Crippen molar-refractivity contribution in [1.29, 1.82) is 0 Å². The summed E-state index contributed by atoms with van der Waals surface area (Å²) < 4.78 is 0. The highest BCUT2D eigenvalue weighted by Crippen LogP contribution is 2.28. The molecule has 0 aromatic heterocycles. The van der Waals surface area contributed by atoms with E-state index in [1.165, 1.54) is 0 Å². The number of anilines is 1. The van der Waals surface area contributed by atoms with E-state index in [9.17, 15) is 9.59 Å². The normalized spacial score (nSPS) is 13.8. The topological polar surface area (TPSA) is 46.2 Å². The number of benzene rings is 1. The van der Waals surface area contributed by atoms with Crippen molar-refractivity contribution in [2.75, 3.05) is 5.32 Å². The number of nitrogens with one attached hydrogen (secondary N) is 1. The number of hydrogen-bond donors (Lipinski definition) is 1. The molecule has 1 aromatic rings. The molecule has 0 bridgehead atoms. The van der Waals surface area contributed by atoms with Gasteiger partial charge in [-0.05, 0) is 17.7 Å². The first kappa shape index (κ1) is 8.26. The quantitative estimate of drug-likeness (QED) is 0.693. The van der Waals surface area contributed by atoms with E-state index in [1.54, 1.807) is 12.1 Å². The minimum atomic E-state index is -0.0610. The molecule has 1 aromatic carbocycles. The van der Waals surface area contributed by atoms with Gasteiger partial charge in [0.05, 0.1) is 11.4 Å². The Morgan fingerprint density at radius 1 is 1.46 bits per heavy atom. The van der Waals surface area contributed by atoms with Gasteiger partial charge in [-0.15, -0.1) is 0 Å². The lowest BCUT2D eigenvalue weighted by molar-refractivity contribution is -0.115. The van der Waals surface area contributed by atoms with Crippen molar-refractivity contribution in [1.82, 2.24) is 0 Å². The van der Waals surface area contributed by atoms with Crippen LogP contribution in [0.3, 0.4) is 0 Å². The highest BCUT2D eigenvalue weighted by Gasteiger charge is 2.18. The predicted molar refractivity (Wildman–Crippen MR) is 49.2 cm³/mol. The largest absolute Gasteiger partial charge is 0.325 e. The molecule has 4 heteroatoms. The molecular weight excluding hydrogens is 190 g/mol. The number of amides is 1. The Hall–Kier alpha value is -1.35. The van der Waals surface area contributed by atoms with Gasteiger partial charge in [0.2, 0.25) is 5.91 Å². The predicted octanol–water partition coefficient (Wildman–Crippen LogP) is 1.65. The van der Waals surface area contributed by atoms with Gasteiger partial charge in [-0.25, -0.2) is 0 Å². The van der Waals surface area contributed by atoms with Crippen molar-refractivity contribution in [2.24, 2.45) is 0 Å². The summed E-state index contributed by atoms with van der Waals surface area (Å²) in [6, 6.07) is 3.24. The fourth-order valence-electron chi connectivity index (χ4n) is 1.36. The first-order chi connectivity index (χ1) is 6.20. The lowest BCUT2D eigenvalue weighted by atomic mass is 10.1. The van der Waals surface area contributed by atoms with E-state index in [0.717, 1.165) is 5.56 Å². The third-order valence-corrected chi connectivity index (χ3v) is 2.30. The Labute approximate surface area is 79.7 Å². The second kappa shape index (κ2) is 2.85. The Kier molecular flexibility index (Phi) is 1.81. The van der Waals surface area contributed by atoms with Crippen LogP contribution in [0, 0.1) is 0 Å². The fraction of sp³-hybridized carbons (Fsp3) is 0.111. The Morgan fingerprint density at radius 3 is 2.92 bits per heavy atom. The number of aldehydes is 1. The summed E-state index contributed by atoms with van der Waals surface area (Å²) in [5, 5.41) is 3.02. The second-order valence-electron chi connectivity index (χ2n) is 2.87. The molecule has 66 valence electrons. The number of carbonyl (C=O) groups is 2. The van der Waals surface area contributed by atoms with Crippen LogP contribution >= 0.6 is 11.6 Å². The smallest absolute Gasteiger partial charge is 0.228 e. The van der Waals surface area contributed by atoms with Crippen molar-refractivity contribution in [3.8, 4) is 0 Å². The average Bonchev–Trinajstić information content (AvgIpc) is 2.42. The molecule has 0 atom stereocenters. The second-order valence-corrected chi connectivity index (χ2v) is 3.28. The van der Waals surface area contributed by atoms with Crippen molar-refractivity contribution in [3.63, 3.8) is 0 Å². The van der Waals surface area contributed by atoms with Crippen molar-refractivity contribution in [2.45, 2.75) is 6.42 Å². The molecule has 3 nitrogen and oxygen atoms in total. The molecule has 0 radical (unpaired) electrons. The summed E-state index contributed by atoms with van der Waals surface area (Å²) in [7, 11) is 0. The van der Waals surface area contributed by atoms with E-state index in [2.05, 4.69) is 5.32 Å². The van der Waals surface area contributed by atoms with E-state index < -0.39 is 0 Å². The SMILES string of the molecule is O=Cc1cc2c(cc1Cl)NC(=O)C2. The van der Waals surface area contributed by atoms with Crippen LogP contribution in [0.1, 0.15) is 15.9 Å². The number of rotatable bonds is 1. The summed E-state index contributed by atoms with van der Waals surface area (Å²) >= 11 is 5.77. The van der Waals surface area contributed by atoms with E-state index in [4.69, 9.17) is 11.6 Å². The van der Waals surface area contributed by atoms with Gasteiger partial charge in [-0.2, -0.15) is 0 Å². The van der Waals surface area contributed by atoms with E-state index in [1.807, 2.05) is 0 Å². The fourth-order valence-corrected chi connectivity index (χ4v) is 1.57. The zero-order valence-electron chi connectivity index (χ0n) is 6.63. The van der Waals surface area contributed by atoms with Gasteiger partial charge < -0.3 is 5.32 Å². The molecule has 1 aliphatic heterocycles. The standard InChI is InChI=1S/C9H6ClNO2/c10-7-3-8-5(1-6(7)4-12)2-9(13)11-8/h1,3-4H,2H2,(H,11,13). The van der Waals surface area contributed by atoms with Gasteiger partial charge >= 0.3 is 0 Å². The van der Waals surface area contributed by atoms with Gasteiger partial charge in [-0.3, -0.25) is 9.59 Å². The van der Waals surface area contributed by atoms with Crippen LogP contribution in [0.4, 0.5) is 5.69 Å². The minimum absolute atomic E-state index is 0.0610. The molecular formula is C9H6ClNO2. The first-order valence-electron chi connectivity index (χ1n) is 3.78. The third kappa shape index (κ3) is 1.31. The molecule has 13 heavy (non-hydrogen) atoms. The van der Waals surface area contributed by atoms with Gasteiger partial charge in [0.15, 0.2) is 6.29 Å². The lowest BCUT2D eigenvalue weighted by Crippen LogP contribution is -2.03. The average molecular weight is 196 g/mol. The summed E-state index contributed by atoms with van der Waals surface area (Å²) in [5.74, 6) is -0.0610.